The summed E-state index contributed by atoms with van der Waals surface area (Å²) in [5.41, 5.74) is 6.61. The van der Waals surface area contributed by atoms with Crippen molar-refractivity contribution < 1.29 is 4.79 Å². The van der Waals surface area contributed by atoms with Gasteiger partial charge < -0.3 is 11.1 Å². The quantitative estimate of drug-likeness (QED) is 0.809. The minimum absolute atomic E-state index is 0.127. The highest BCUT2D eigenvalue weighted by Crippen LogP contribution is 2.31. The zero-order chi connectivity index (χ0) is 13.3. The molecule has 0 aromatic heterocycles. The molecular formula is C14H19ClN2O. The van der Waals surface area contributed by atoms with Gasteiger partial charge in [0.2, 0.25) is 0 Å². The van der Waals surface area contributed by atoms with Crippen LogP contribution in [0.25, 0.3) is 0 Å². The molecule has 3 unspecified atom stereocenters. The predicted octanol–water partition coefficient (Wildman–Crippen LogP) is 3.09. The lowest BCUT2D eigenvalue weighted by Gasteiger charge is -2.20. The summed E-state index contributed by atoms with van der Waals surface area (Å²) in [4.78, 5) is 12.2. The average Bonchev–Trinajstić information content (AvgIpc) is 2.64. The summed E-state index contributed by atoms with van der Waals surface area (Å²) in [7, 11) is 0. The number of carbonyl (C=O) groups excluding carboxylic acids is 1. The maximum absolute atomic E-state index is 12.2. The fraction of sp³-hybridized carbons (Fsp3) is 0.500. The molecule has 3 nitrogen and oxygen atoms in total. The van der Waals surface area contributed by atoms with Gasteiger partial charge in [0.1, 0.15) is 0 Å². The Labute approximate surface area is 113 Å². The average molecular weight is 267 g/mol. The Kier molecular flexibility index (Phi) is 3.81. The third-order valence-electron chi connectivity index (χ3n) is 4.05. The van der Waals surface area contributed by atoms with E-state index in [4.69, 9.17) is 17.3 Å². The molecule has 0 spiro atoms. The molecule has 0 saturated heterocycles. The van der Waals surface area contributed by atoms with Crippen molar-refractivity contribution in [2.75, 3.05) is 5.73 Å². The first-order valence-electron chi connectivity index (χ1n) is 6.35. The van der Waals surface area contributed by atoms with E-state index in [-0.39, 0.29) is 11.9 Å². The smallest absolute Gasteiger partial charge is 0.253 e. The summed E-state index contributed by atoms with van der Waals surface area (Å²) in [6, 6.07) is 5.39. The number of amides is 1. The van der Waals surface area contributed by atoms with E-state index in [1.54, 1.807) is 18.2 Å². The minimum atomic E-state index is -0.127. The molecule has 4 heteroatoms. The van der Waals surface area contributed by atoms with Crippen LogP contribution >= 0.6 is 11.6 Å². The van der Waals surface area contributed by atoms with Crippen LogP contribution in [0.15, 0.2) is 18.2 Å². The van der Waals surface area contributed by atoms with E-state index < -0.39 is 0 Å². The molecule has 18 heavy (non-hydrogen) atoms. The lowest BCUT2D eigenvalue weighted by molar-refractivity contribution is 0.0927. The minimum Gasteiger partial charge on any atom is -0.398 e. The Balaban J connectivity index is 2.11. The van der Waals surface area contributed by atoms with Gasteiger partial charge in [-0.05, 0) is 36.8 Å². The molecule has 0 aliphatic heterocycles. The Morgan fingerprint density at radius 2 is 2.11 bits per heavy atom. The third-order valence-corrected chi connectivity index (χ3v) is 4.48. The molecule has 1 fully saturated rings. The number of carbonyl (C=O) groups is 1. The highest BCUT2D eigenvalue weighted by atomic mass is 35.5. The number of nitrogens with one attached hydrogen (secondary N) is 1. The van der Waals surface area contributed by atoms with Crippen LogP contribution in [-0.2, 0) is 0 Å². The maximum Gasteiger partial charge on any atom is 0.253 e. The zero-order valence-electron chi connectivity index (χ0n) is 10.7. The molecule has 3 atom stereocenters. The molecule has 0 heterocycles. The van der Waals surface area contributed by atoms with E-state index in [1.807, 2.05) is 0 Å². The van der Waals surface area contributed by atoms with Gasteiger partial charge in [0.15, 0.2) is 0 Å². The summed E-state index contributed by atoms with van der Waals surface area (Å²) >= 11 is 6.05. The number of nitrogen functional groups attached to an aromatic ring is 1. The summed E-state index contributed by atoms with van der Waals surface area (Å²) in [6.07, 6.45) is 2.20. The fourth-order valence-corrected chi connectivity index (χ4v) is 2.75. The number of halogens is 1. The SMILES string of the molecule is CC1CCC(NC(=O)c2cccc(N)c2Cl)C1C. The van der Waals surface area contributed by atoms with Crippen LogP contribution in [-0.4, -0.2) is 11.9 Å². The number of benzene rings is 1. The molecule has 1 aliphatic carbocycles. The Morgan fingerprint density at radius 1 is 1.39 bits per heavy atom. The van der Waals surface area contributed by atoms with Crippen molar-refractivity contribution in [3.8, 4) is 0 Å². The molecule has 1 aliphatic rings. The molecule has 98 valence electrons. The Bertz CT molecular complexity index is 461. The second kappa shape index (κ2) is 5.19. The number of anilines is 1. The molecule has 2 rings (SSSR count). The van der Waals surface area contributed by atoms with Crippen molar-refractivity contribution in [1.29, 1.82) is 0 Å². The summed E-state index contributed by atoms with van der Waals surface area (Å²) in [5.74, 6) is 1.04. The highest BCUT2D eigenvalue weighted by molar-refractivity contribution is 6.36. The lowest BCUT2D eigenvalue weighted by Crippen LogP contribution is -2.37. The van der Waals surface area contributed by atoms with Gasteiger partial charge in [-0.3, -0.25) is 4.79 Å². The normalized spacial score (nSPS) is 27.2. The van der Waals surface area contributed by atoms with Crippen LogP contribution in [0, 0.1) is 11.8 Å². The maximum atomic E-state index is 12.2. The van der Waals surface area contributed by atoms with Crippen LogP contribution in [0.3, 0.4) is 0 Å². The van der Waals surface area contributed by atoms with Crippen molar-refractivity contribution in [1.82, 2.24) is 5.32 Å². The number of hydrogen-bond acceptors (Lipinski definition) is 2. The topological polar surface area (TPSA) is 55.1 Å². The van der Waals surface area contributed by atoms with Crippen LogP contribution in [0.4, 0.5) is 5.69 Å². The molecule has 0 bridgehead atoms. The van der Waals surface area contributed by atoms with Crippen LogP contribution in [0.2, 0.25) is 5.02 Å². The van der Waals surface area contributed by atoms with Crippen molar-refractivity contribution in [3.63, 3.8) is 0 Å². The van der Waals surface area contributed by atoms with Crippen LogP contribution < -0.4 is 11.1 Å². The lowest BCUT2D eigenvalue weighted by atomic mass is 9.97. The predicted molar refractivity (Wildman–Crippen MR) is 74.7 cm³/mol. The van der Waals surface area contributed by atoms with E-state index in [1.165, 1.54) is 0 Å². The molecular weight excluding hydrogens is 248 g/mol. The van der Waals surface area contributed by atoms with Crippen LogP contribution in [0.5, 0.6) is 0 Å². The van der Waals surface area contributed by atoms with Gasteiger partial charge in [-0.1, -0.05) is 31.5 Å². The second-order valence-electron chi connectivity index (χ2n) is 5.20. The van der Waals surface area contributed by atoms with E-state index in [2.05, 4.69) is 19.2 Å². The molecule has 1 aromatic rings. The second-order valence-corrected chi connectivity index (χ2v) is 5.58. The molecule has 1 amide bonds. The fourth-order valence-electron chi connectivity index (χ4n) is 2.54. The third kappa shape index (κ3) is 2.46. The van der Waals surface area contributed by atoms with E-state index in [0.29, 0.717) is 28.1 Å². The largest absolute Gasteiger partial charge is 0.398 e. The van der Waals surface area contributed by atoms with Gasteiger partial charge in [-0.15, -0.1) is 0 Å². The van der Waals surface area contributed by atoms with Crippen molar-refractivity contribution in [2.45, 2.75) is 32.7 Å². The van der Waals surface area contributed by atoms with Gasteiger partial charge in [0, 0.05) is 6.04 Å². The van der Waals surface area contributed by atoms with Crippen LogP contribution in [0.1, 0.15) is 37.0 Å². The monoisotopic (exact) mass is 266 g/mol. The number of hydrogen-bond donors (Lipinski definition) is 2. The van der Waals surface area contributed by atoms with Gasteiger partial charge in [-0.25, -0.2) is 0 Å². The van der Waals surface area contributed by atoms with E-state index in [9.17, 15) is 4.79 Å². The number of rotatable bonds is 2. The molecule has 1 saturated carbocycles. The van der Waals surface area contributed by atoms with Gasteiger partial charge >= 0.3 is 0 Å². The van der Waals surface area contributed by atoms with Crippen molar-refractivity contribution in [3.05, 3.63) is 28.8 Å². The Hall–Kier alpha value is -1.22. The van der Waals surface area contributed by atoms with Crippen molar-refractivity contribution in [2.24, 2.45) is 11.8 Å². The first-order valence-corrected chi connectivity index (χ1v) is 6.73. The summed E-state index contributed by atoms with van der Waals surface area (Å²) < 4.78 is 0. The van der Waals surface area contributed by atoms with E-state index >= 15 is 0 Å². The molecule has 1 aromatic carbocycles. The summed E-state index contributed by atoms with van der Waals surface area (Å²) in [6.45, 7) is 4.41. The molecule has 3 N–H and O–H groups in total. The highest BCUT2D eigenvalue weighted by Gasteiger charge is 2.31. The van der Waals surface area contributed by atoms with Crippen molar-refractivity contribution >= 4 is 23.2 Å². The summed E-state index contributed by atoms with van der Waals surface area (Å²) in [5, 5.41) is 3.41. The standard InChI is InChI=1S/C14H19ClN2O/c1-8-6-7-12(9(8)2)17-14(18)10-4-3-5-11(16)13(10)15/h3-5,8-9,12H,6-7,16H2,1-2H3,(H,17,18). The van der Waals surface area contributed by atoms with E-state index in [0.717, 1.165) is 12.8 Å². The zero-order valence-corrected chi connectivity index (χ0v) is 11.5. The van der Waals surface area contributed by atoms with Gasteiger partial charge in [-0.2, -0.15) is 0 Å². The first-order chi connectivity index (χ1) is 8.50. The van der Waals surface area contributed by atoms with Gasteiger partial charge in [0.05, 0.1) is 16.3 Å². The molecule has 0 radical (unpaired) electrons. The number of nitrogens with two attached hydrogens (primary N) is 1. The Morgan fingerprint density at radius 3 is 2.72 bits per heavy atom. The first kappa shape index (κ1) is 13.2. The van der Waals surface area contributed by atoms with Gasteiger partial charge in [0.25, 0.3) is 5.91 Å².